The van der Waals surface area contributed by atoms with Crippen molar-refractivity contribution in [3.63, 3.8) is 0 Å². The molecule has 1 aromatic heterocycles. The van der Waals surface area contributed by atoms with Crippen LogP contribution in [-0.2, 0) is 23.4 Å². The van der Waals surface area contributed by atoms with Crippen LogP contribution in [0.25, 0.3) is 10.4 Å². The maximum atomic E-state index is 13.8. The summed E-state index contributed by atoms with van der Waals surface area (Å²) in [5, 5.41) is 28.0. The van der Waals surface area contributed by atoms with Crippen LogP contribution in [0.4, 0.5) is 0 Å². The lowest BCUT2D eigenvalue weighted by Crippen LogP contribution is -2.52. The number of aliphatic hydroxyl groups is 2. The van der Waals surface area contributed by atoms with Gasteiger partial charge in [0.25, 0.3) is 5.56 Å². The van der Waals surface area contributed by atoms with Crippen molar-refractivity contribution in [3.05, 3.63) is 73.9 Å². The minimum Gasteiger partial charge on any atom is -0.462 e. The van der Waals surface area contributed by atoms with Gasteiger partial charge in [-0.3, -0.25) is 23.7 Å². The number of carbonyl (C=O) groups is 1. The number of esters is 1. The second-order valence-corrected chi connectivity index (χ2v) is 10.6. The van der Waals surface area contributed by atoms with Gasteiger partial charge in [0.1, 0.15) is 17.9 Å². The third-order valence-corrected chi connectivity index (χ3v) is 7.18. The number of hydrogen-bond acceptors (Lipinski definition) is 11. The van der Waals surface area contributed by atoms with Crippen LogP contribution in [0.1, 0.15) is 27.0 Å². The molecular weight excluding hydrogens is 551 g/mol. The summed E-state index contributed by atoms with van der Waals surface area (Å²) >= 11 is 0. The fourth-order valence-electron chi connectivity index (χ4n) is 3.67. The summed E-state index contributed by atoms with van der Waals surface area (Å²) in [6.45, 7) is 3.48. The number of para-hydroxylation sites is 1. The highest BCUT2D eigenvalue weighted by atomic mass is 31.2. The normalized spacial score (nSPS) is 26.2. The molecule has 1 aromatic carbocycles. The molecule has 6 atom stereocenters. The molecule has 4 N–H and O–H groups in total. The van der Waals surface area contributed by atoms with Gasteiger partial charge in [-0.15, -0.1) is 6.42 Å². The number of H-pyrrole nitrogens is 1. The highest BCUT2D eigenvalue weighted by Gasteiger charge is 2.64. The van der Waals surface area contributed by atoms with E-state index in [9.17, 15) is 34.7 Å². The van der Waals surface area contributed by atoms with Crippen LogP contribution in [0.3, 0.4) is 0 Å². The van der Waals surface area contributed by atoms with Crippen LogP contribution < -0.4 is 20.9 Å². The Morgan fingerprint density at radius 1 is 1.35 bits per heavy atom. The SMILES string of the molecule is C#C[C@]1(O)[C@H](n2ccc(=O)[nH]c2=O)O[C@@](CO[P@@](=O)(N[C@@H](C)C(=O)OC(C)C)Oc2ccccc2)(N=[N+]=[N-])[C@H]1O. The molecule has 0 amide bonds. The second-order valence-electron chi connectivity index (χ2n) is 8.91. The van der Waals surface area contributed by atoms with Gasteiger partial charge in [0.05, 0.1) is 12.7 Å². The Hall–Kier alpha value is -3.93. The first-order valence-electron chi connectivity index (χ1n) is 11.7. The molecule has 0 saturated carbocycles. The number of terminal acetylenes is 1. The van der Waals surface area contributed by atoms with E-state index >= 15 is 0 Å². The average Bonchev–Trinajstić information content (AvgIpc) is 3.11. The minimum atomic E-state index is -4.57. The van der Waals surface area contributed by atoms with Crippen molar-refractivity contribution in [1.82, 2.24) is 14.6 Å². The van der Waals surface area contributed by atoms with Crippen LogP contribution >= 0.6 is 7.75 Å². The number of aliphatic hydroxyl groups excluding tert-OH is 1. The highest BCUT2D eigenvalue weighted by molar-refractivity contribution is 7.52. The molecule has 1 aliphatic rings. The third-order valence-electron chi connectivity index (χ3n) is 5.55. The lowest BCUT2D eigenvalue weighted by molar-refractivity contribution is -0.149. The van der Waals surface area contributed by atoms with Crippen molar-refractivity contribution in [3.8, 4) is 18.1 Å². The van der Waals surface area contributed by atoms with E-state index in [1.165, 1.54) is 19.1 Å². The van der Waals surface area contributed by atoms with Crippen molar-refractivity contribution in [2.45, 2.75) is 56.6 Å². The van der Waals surface area contributed by atoms with Crippen LogP contribution in [0.15, 0.2) is 57.3 Å². The Morgan fingerprint density at radius 2 is 2.02 bits per heavy atom. The van der Waals surface area contributed by atoms with E-state index in [-0.39, 0.29) is 5.75 Å². The quantitative estimate of drug-likeness (QED) is 0.0732. The standard InChI is InChI=1S/C23H27N6O10P/c1-5-22(34)19(32)23(27-28-24,38-20(22)29-12-11-17(30)25-21(29)33)13-36-40(35,39-16-9-7-6-8-10-16)26-15(4)18(31)37-14(2)3/h1,6-12,14-15,19-20,32,34H,13H2,2-4H3,(H,26,35)(H,25,30,33)/t15-,19-,20+,22+,23+,40-/m0/s1. The zero-order valence-corrected chi connectivity index (χ0v) is 22.4. The Bertz CT molecular complexity index is 1480. The topological polar surface area (TPSA) is 227 Å². The lowest BCUT2D eigenvalue weighted by Gasteiger charge is -2.30. The number of benzene rings is 1. The van der Waals surface area contributed by atoms with Crippen LogP contribution in [0, 0.1) is 12.3 Å². The van der Waals surface area contributed by atoms with Crippen LogP contribution in [0.5, 0.6) is 5.75 Å². The number of ether oxygens (including phenoxy) is 2. The van der Waals surface area contributed by atoms with Crippen molar-refractivity contribution in [1.29, 1.82) is 0 Å². The summed E-state index contributed by atoms with van der Waals surface area (Å²) in [6, 6.07) is 7.36. The molecule has 0 unspecified atom stereocenters. The molecule has 2 aromatic rings. The van der Waals surface area contributed by atoms with Crippen molar-refractivity contribution in [2.24, 2.45) is 5.11 Å². The average molecular weight is 578 g/mol. The smallest absolute Gasteiger partial charge is 0.459 e. The van der Waals surface area contributed by atoms with Gasteiger partial charge in [-0.05, 0) is 38.4 Å². The van der Waals surface area contributed by atoms with Crippen molar-refractivity contribution in [2.75, 3.05) is 6.61 Å². The van der Waals surface area contributed by atoms with Gasteiger partial charge >= 0.3 is 19.4 Å². The number of aromatic amines is 1. The summed E-state index contributed by atoms with van der Waals surface area (Å²) < 4.78 is 36.2. The Labute approximate surface area is 227 Å². The number of hydrogen-bond donors (Lipinski definition) is 4. The van der Waals surface area contributed by atoms with Crippen LogP contribution in [-0.4, -0.2) is 61.9 Å². The number of aromatic nitrogens is 2. The fraction of sp³-hybridized carbons (Fsp3) is 0.435. The number of carbonyl (C=O) groups excluding carboxylic acids is 1. The molecule has 0 spiro atoms. The fourth-order valence-corrected chi connectivity index (χ4v) is 5.18. The van der Waals surface area contributed by atoms with Gasteiger partial charge in [-0.1, -0.05) is 29.2 Å². The van der Waals surface area contributed by atoms with Crippen LogP contribution in [0.2, 0.25) is 0 Å². The monoisotopic (exact) mass is 578 g/mol. The Kier molecular flexibility index (Phi) is 9.24. The largest absolute Gasteiger partial charge is 0.462 e. The predicted molar refractivity (Wildman–Crippen MR) is 138 cm³/mol. The maximum absolute atomic E-state index is 13.8. The highest BCUT2D eigenvalue weighted by Crippen LogP contribution is 2.50. The molecule has 1 saturated heterocycles. The summed E-state index contributed by atoms with van der Waals surface area (Å²) in [4.78, 5) is 40.8. The number of rotatable bonds is 11. The Morgan fingerprint density at radius 3 is 2.60 bits per heavy atom. The first-order valence-corrected chi connectivity index (χ1v) is 13.2. The minimum absolute atomic E-state index is 0.0475. The zero-order chi connectivity index (χ0) is 29.7. The van der Waals surface area contributed by atoms with Gasteiger partial charge in [0, 0.05) is 17.2 Å². The van der Waals surface area contributed by atoms with Gasteiger partial charge in [0.2, 0.25) is 5.72 Å². The molecule has 16 nitrogen and oxygen atoms in total. The molecule has 2 heterocycles. The van der Waals surface area contributed by atoms with Gasteiger partial charge in [-0.2, -0.15) is 5.09 Å². The van der Waals surface area contributed by atoms with Gasteiger partial charge < -0.3 is 24.2 Å². The van der Waals surface area contributed by atoms with E-state index in [0.717, 1.165) is 12.3 Å². The first-order chi connectivity index (χ1) is 18.8. The van der Waals surface area contributed by atoms with Crippen molar-refractivity contribution >= 4 is 13.7 Å². The molecule has 0 aliphatic carbocycles. The van der Waals surface area contributed by atoms with E-state index < -0.39 is 67.4 Å². The predicted octanol–water partition coefficient (Wildman–Crippen LogP) is 0.931. The number of nitrogens with one attached hydrogen (secondary N) is 2. The summed E-state index contributed by atoms with van der Waals surface area (Å²) in [5.74, 6) is 1.16. The first kappa shape index (κ1) is 30.6. The summed E-state index contributed by atoms with van der Waals surface area (Å²) in [5.41, 5.74) is 2.10. The van der Waals surface area contributed by atoms with E-state index in [2.05, 4.69) is 15.1 Å². The molecule has 1 aliphatic heterocycles. The molecule has 1 fully saturated rings. The summed E-state index contributed by atoms with van der Waals surface area (Å²) in [7, 11) is -4.57. The zero-order valence-electron chi connectivity index (χ0n) is 21.5. The van der Waals surface area contributed by atoms with Gasteiger partial charge in [0.15, 0.2) is 11.8 Å². The lowest BCUT2D eigenvalue weighted by atomic mass is 9.92. The molecule has 3 rings (SSSR count). The number of nitrogens with zero attached hydrogens (tertiary/aromatic N) is 4. The molecular formula is C23H27N6O10P. The Balaban J connectivity index is 1.99. The molecule has 40 heavy (non-hydrogen) atoms. The van der Waals surface area contributed by atoms with E-state index in [1.54, 1.807) is 32.0 Å². The molecule has 17 heteroatoms. The third kappa shape index (κ3) is 6.44. The molecule has 0 bridgehead atoms. The second kappa shape index (κ2) is 12.1. The maximum Gasteiger partial charge on any atom is 0.459 e. The van der Waals surface area contributed by atoms with Crippen molar-refractivity contribution < 1.29 is 38.1 Å². The summed E-state index contributed by atoms with van der Waals surface area (Å²) in [6.07, 6.45) is 1.73. The molecule has 0 radical (unpaired) electrons. The molecule has 214 valence electrons. The van der Waals surface area contributed by atoms with E-state index in [0.29, 0.717) is 4.57 Å². The van der Waals surface area contributed by atoms with E-state index in [4.69, 9.17) is 24.9 Å². The number of azide groups is 1. The van der Waals surface area contributed by atoms with Gasteiger partial charge in [-0.25, -0.2) is 9.36 Å². The van der Waals surface area contributed by atoms with E-state index in [1.807, 2.05) is 10.9 Å².